The van der Waals surface area contributed by atoms with E-state index in [4.69, 9.17) is 4.74 Å². The van der Waals surface area contributed by atoms with Crippen LogP contribution in [0.4, 0.5) is 4.79 Å². The lowest BCUT2D eigenvalue weighted by molar-refractivity contribution is -0.127. The Morgan fingerprint density at radius 1 is 1.21 bits per heavy atom. The van der Waals surface area contributed by atoms with Crippen molar-refractivity contribution in [3.63, 3.8) is 0 Å². The maximum Gasteiger partial charge on any atom is 0.315 e. The standard InChI is InChI=1S/C17H31N3O4/c1-11(2)19-17(23)20-14-7-6-13(24-15(14)10-21)8-9-18-16(22)12-4-3-5-12/h11-15,21H,3-10H2,1-2H3,(H,18,22)(H2,19,20,23)/t13-,14+,15+/m0/s1. The average molecular weight is 341 g/mol. The number of carbonyl (C=O) groups is 2. The number of aliphatic hydroxyl groups is 1. The van der Waals surface area contributed by atoms with Gasteiger partial charge in [0.05, 0.1) is 18.8 Å². The lowest BCUT2D eigenvalue weighted by Gasteiger charge is -2.36. The number of hydrogen-bond donors (Lipinski definition) is 4. The number of aliphatic hydroxyl groups excluding tert-OH is 1. The number of hydrogen-bond acceptors (Lipinski definition) is 4. The van der Waals surface area contributed by atoms with Crippen molar-refractivity contribution in [1.29, 1.82) is 0 Å². The quantitative estimate of drug-likeness (QED) is 0.553. The molecule has 2 fully saturated rings. The highest BCUT2D eigenvalue weighted by Crippen LogP contribution is 2.26. The van der Waals surface area contributed by atoms with Crippen LogP contribution in [0.25, 0.3) is 0 Å². The predicted molar refractivity (Wildman–Crippen MR) is 90.5 cm³/mol. The van der Waals surface area contributed by atoms with Crippen LogP contribution < -0.4 is 16.0 Å². The first-order valence-corrected chi connectivity index (χ1v) is 9.10. The summed E-state index contributed by atoms with van der Waals surface area (Å²) in [5, 5.41) is 18.2. The molecule has 4 N–H and O–H groups in total. The van der Waals surface area contributed by atoms with Gasteiger partial charge in [0.25, 0.3) is 0 Å². The molecule has 0 aromatic heterocycles. The first-order valence-electron chi connectivity index (χ1n) is 9.10. The Morgan fingerprint density at radius 2 is 1.96 bits per heavy atom. The fourth-order valence-corrected chi connectivity index (χ4v) is 3.15. The van der Waals surface area contributed by atoms with Crippen molar-refractivity contribution in [1.82, 2.24) is 16.0 Å². The predicted octanol–water partition coefficient (Wildman–Crippen LogP) is 0.909. The summed E-state index contributed by atoms with van der Waals surface area (Å²) in [5.41, 5.74) is 0. The molecule has 3 amide bonds. The van der Waals surface area contributed by atoms with Gasteiger partial charge in [0.2, 0.25) is 5.91 Å². The lowest BCUT2D eigenvalue weighted by Crippen LogP contribution is -2.54. The highest BCUT2D eigenvalue weighted by atomic mass is 16.5. The molecule has 1 aliphatic carbocycles. The van der Waals surface area contributed by atoms with Gasteiger partial charge in [-0.3, -0.25) is 4.79 Å². The second-order valence-corrected chi connectivity index (χ2v) is 7.14. The zero-order chi connectivity index (χ0) is 17.5. The van der Waals surface area contributed by atoms with E-state index in [2.05, 4.69) is 16.0 Å². The van der Waals surface area contributed by atoms with Crippen LogP contribution in [0.3, 0.4) is 0 Å². The second-order valence-electron chi connectivity index (χ2n) is 7.14. The number of ether oxygens (including phenoxy) is 1. The van der Waals surface area contributed by atoms with Gasteiger partial charge >= 0.3 is 6.03 Å². The van der Waals surface area contributed by atoms with E-state index in [9.17, 15) is 14.7 Å². The Labute approximate surface area is 143 Å². The van der Waals surface area contributed by atoms with Crippen molar-refractivity contribution >= 4 is 11.9 Å². The monoisotopic (exact) mass is 341 g/mol. The molecular weight excluding hydrogens is 310 g/mol. The molecule has 0 aromatic rings. The maximum atomic E-state index is 11.8. The number of carbonyl (C=O) groups excluding carboxylic acids is 2. The highest BCUT2D eigenvalue weighted by Gasteiger charge is 2.32. The molecule has 3 atom stereocenters. The van der Waals surface area contributed by atoms with Gasteiger partial charge in [0.1, 0.15) is 6.10 Å². The van der Waals surface area contributed by atoms with Crippen LogP contribution >= 0.6 is 0 Å². The van der Waals surface area contributed by atoms with Crippen molar-refractivity contribution in [2.45, 2.75) is 76.7 Å². The molecule has 7 heteroatoms. The van der Waals surface area contributed by atoms with Crippen LogP contribution in [0.2, 0.25) is 0 Å². The van der Waals surface area contributed by atoms with Gasteiger partial charge in [-0.25, -0.2) is 4.79 Å². The van der Waals surface area contributed by atoms with Crippen LogP contribution in [0.1, 0.15) is 52.4 Å². The summed E-state index contributed by atoms with van der Waals surface area (Å²) in [6, 6.07) is -0.355. The van der Waals surface area contributed by atoms with Crippen molar-refractivity contribution in [2.24, 2.45) is 5.92 Å². The van der Waals surface area contributed by atoms with Crippen LogP contribution in [-0.2, 0) is 9.53 Å². The Hall–Kier alpha value is -1.34. The Morgan fingerprint density at radius 3 is 2.54 bits per heavy atom. The van der Waals surface area contributed by atoms with E-state index in [1.54, 1.807) is 0 Å². The third-order valence-corrected chi connectivity index (χ3v) is 4.77. The molecule has 138 valence electrons. The molecule has 0 bridgehead atoms. The SMILES string of the molecule is CC(C)NC(=O)N[C@@H]1CC[C@@H](CCNC(=O)C2CCC2)O[C@@H]1CO. The molecule has 2 rings (SSSR count). The van der Waals surface area contributed by atoms with Crippen molar-refractivity contribution in [2.75, 3.05) is 13.2 Å². The van der Waals surface area contributed by atoms with E-state index in [0.717, 1.165) is 38.5 Å². The molecule has 1 aliphatic heterocycles. The Bertz CT molecular complexity index is 426. The van der Waals surface area contributed by atoms with E-state index in [-0.39, 0.29) is 42.7 Å². The first-order chi connectivity index (χ1) is 11.5. The molecule has 1 heterocycles. The van der Waals surface area contributed by atoms with Gasteiger partial charge in [-0.2, -0.15) is 0 Å². The fourth-order valence-electron chi connectivity index (χ4n) is 3.15. The Balaban J connectivity index is 1.69. The van der Waals surface area contributed by atoms with Crippen molar-refractivity contribution in [3.8, 4) is 0 Å². The van der Waals surface area contributed by atoms with Gasteiger partial charge in [-0.1, -0.05) is 6.42 Å². The van der Waals surface area contributed by atoms with Gasteiger partial charge in [0.15, 0.2) is 0 Å². The zero-order valence-electron chi connectivity index (χ0n) is 14.7. The summed E-state index contributed by atoms with van der Waals surface area (Å²) in [5.74, 6) is 0.358. The van der Waals surface area contributed by atoms with Gasteiger partial charge in [-0.15, -0.1) is 0 Å². The Kier molecular flexibility index (Phi) is 7.30. The smallest absolute Gasteiger partial charge is 0.315 e. The maximum absolute atomic E-state index is 11.8. The molecule has 7 nitrogen and oxygen atoms in total. The minimum Gasteiger partial charge on any atom is -0.394 e. The summed E-state index contributed by atoms with van der Waals surface area (Å²) in [6.07, 6.45) is 5.08. The molecule has 0 spiro atoms. The minimum atomic E-state index is -0.399. The first kappa shape index (κ1) is 19.0. The number of amides is 3. The molecule has 1 saturated heterocycles. The molecule has 2 aliphatic rings. The lowest BCUT2D eigenvalue weighted by atomic mass is 9.85. The van der Waals surface area contributed by atoms with Crippen LogP contribution in [0.5, 0.6) is 0 Å². The number of rotatable bonds is 7. The summed E-state index contributed by atoms with van der Waals surface area (Å²) in [4.78, 5) is 23.6. The third-order valence-electron chi connectivity index (χ3n) is 4.77. The summed E-state index contributed by atoms with van der Waals surface area (Å²) in [7, 11) is 0. The van der Waals surface area contributed by atoms with Gasteiger partial charge in [-0.05, 0) is 46.0 Å². The van der Waals surface area contributed by atoms with Crippen LogP contribution in [0.15, 0.2) is 0 Å². The van der Waals surface area contributed by atoms with Crippen LogP contribution in [0, 0.1) is 5.92 Å². The summed E-state index contributed by atoms with van der Waals surface area (Å²) in [6.45, 7) is 4.27. The molecular formula is C17H31N3O4. The fraction of sp³-hybridized carbons (Fsp3) is 0.882. The second kappa shape index (κ2) is 9.22. The topological polar surface area (TPSA) is 99.7 Å². The van der Waals surface area contributed by atoms with Crippen molar-refractivity contribution < 1.29 is 19.4 Å². The largest absolute Gasteiger partial charge is 0.394 e. The summed E-state index contributed by atoms with van der Waals surface area (Å²) < 4.78 is 5.89. The van der Waals surface area contributed by atoms with E-state index < -0.39 is 6.10 Å². The number of nitrogens with one attached hydrogen (secondary N) is 3. The number of urea groups is 1. The highest BCUT2D eigenvalue weighted by molar-refractivity contribution is 5.79. The molecule has 0 unspecified atom stereocenters. The van der Waals surface area contributed by atoms with E-state index in [1.807, 2.05) is 13.8 Å². The minimum absolute atomic E-state index is 0.00931. The molecule has 0 aromatic carbocycles. The molecule has 1 saturated carbocycles. The molecule has 24 heavy (non-hydrogen) atoms. The van der Waals surface area contributed by atoms with Crippen molar-refractivity contribution in [3.05, 3.63) is 0 Å². The van der Waals surface area contributed by atoms with Gasteiger partial charge < -0.3 is 25.8 Å². The molecule has 0 radical (unpaired) electrons. The van der Waals surface area contributed by atoms with Crippen LogP contribution in [-0.4, -0.2) is 54.5 Å². The normalized spacial score (nSPS) is 27.4. The average Bonchev–Trinajstić information content (AvgIpc) is 2.45. The summed E-state index contributed by atoms with van der Waals surface area (Å²) >= 11 is 0. The van der Waals surface area contributed by atoms with E-state index >= 15 is 0 Å². The van der Waals surface area contributed by atoms with E-state index in [1.165, 1.54) is 0 Å². The van der Waals surface area contributed by atoms with E-state index in [0.29, 0.717) is 6.54 Å². The third kappa shape index (κ3) is 5.63. The van der Waals surface area contributed by atoms with Gasteiger partial charge in [0, 0.05) is 18.5 Å². The zero-order valence-corrected chi connectivity index (χ0v) is 14.7.